The van der Waals surface area contributed by atoms with Crippen LogP contribution in [-0.4, -0.2) is 37.4 Å². The highest BCUT2D eigenvalue weighted by Crippen LogP contribution is 2.29. The number of carbonyl (C=O) groups is 2. The first-order valence-corrected chi connectivity index (χ1v) is 7.57. The number of nitrogens with zero attached hydrogens (tertiary/aromatic N) is 1. The van der Waals surface area contributed by atoms with Gasteiger partial charge in [-0.25, -0.2) is 0 Å². The zero-order valence-electron chi connectivity index (χ0n) is 14.1. The van der Waals surface area contributed by atoms with Crippen LogP contribution in [0.5, 0.6) is 5.75 Å². The molecule has 0 saturated carbocycles. The number of likely N-dealkylation sites (N-methyl/N-ethyl adjacent to an activating group) is 1. The Hall–Kier alpha value is -3.03. The molecule has 0 aromatic heterocycles. The Morgan fingerprint density at radius 3 is 2.35 bits per heavy atom. The summed E-state index contributed by atoms with van der Waals surface area (Å²) in [5.41, 5.74) is -0.271. The Morgan fingerprint density at radius 1 is 1.12 bits per heavy atom. The molecule has 0 unspecified atom stereocenters. The Morgan fingerprint density at radius 2 is 1.77 bits per heavy atom. The largest absolute Gasteiger partial charge is 0.497 e. The molecule has 26 heavy (non-hydrogen) atoms. The van der Waals surface area contributed by atoms with Crippen LogP contribution in [0.1, 0.15) is 15.9 Å². The third-order valence-corrected chi connectivity index (χ3v) is 3.54. The number of ether oxygens (including phenoxy) is 1. The number of rotatable bonds is 5. The van der Waals surface area contributed by atoms with E-state index in [9.17, 15) is 22.8 Å². The van der Waals surface area contributed by atoms with E-state index in [1.807, 2.05) is 0 Å². The standard InChI is InChI=1S/C18H17F3N2O3/c1-23(11-16(24)22-14-4-3-5-15(10-14)26-2)17(25)12-6-8-13(9-7-12)18(19,20)21/h3-10H,11H2,1-2H3,(H,22,24). The maximum absolute atomic E-state index is 12.6. The molecule has 2 aromatic rings. The van der Waals surface area contributed by atoms with E-state index in [4.69, 9.17) is 4.74 Å². The molecule has 1 N–H and O–H groups in total. The van der Waals surface area contributed by atoms with Gasteiger partial charge in [-0.1, -0.05) is 6.07 Å². The van der Waals surface area contributed by atoms with Gasteiger partial charge in [0.15, 0.2) is 0 Å². The molecule has 0 aliphatic rings. The molecule has 2 aromatic carbocycles. The van der Waals surface area contributed by atoms with Crippen molar-refractivity contribution in [1.82, 2.24) is 4.90 Å². The maximum atomic E-state index is 12.6. The van der Waals surface area contributed by atoms with Gasteiger partial charge < -0.3 is 15.0 Å². The highest BCUT2D eigenvalue weighted by atomic mass is 19.4. The summed E-state index contributed by atoms with van der Waals surface area (Å²) in [6.07, 6.45) is -4.47. The number of alkyl halides is 3. The Labute approximate surface area is 148 Å². The molecule has 2 amide bonds. The van der Waals surface area contributed by atoms with Crippen molar-refractivity contribution in [1.29, 1.82) is 0 Å². The van der Waals surface area contributed by atoms with Gasteiger partial charge in [0.25, 0.3) is 5.91 Å². The van der Waals surface area contributed by atoms with Gasteiger partial charge in [0.1, 0.15) is 5.75 Å². The number of amides is 2. The van der Waals surface area contributed by atoms with E-state index in [-0.39, 0.29) is 12.1 Å². The highest BCUT2D eigenvalue weighted by Gasteiger charge is 2.30. The zero-order chi connectivity index (χ0) is 19.3. The Balaban J connectivity index is 1.98. The fourth-order valence-corrected chi connectivity index (χ4v) is 2.21. The van der Waals surface area contributed by atoms with Crippen molar-refractivity contribution in [3.05, 3.63) is 59.7 Å². The summed E-state index contributed by atoms with van der Waals surface area (Å²) in [7, 11) is 2.89. The summed E-state index contributed by atoms with van der Waals surface area (Å²) < 4.78 is 42.7. The van der Waals surface area contributed by atoms with Crippen LogP contribution < -0.4 is 10.1 Å². The van der Waals surface area contributed by atoms with Crippen molar-refractivity contribution < 1.29 is 27.5 Å². The van der Waals surface area contributed by atoms with E-state index in [2.05, 4.69) is 5.32 Å². The minimum Gasteiger partial charge on any atom is -0.497 e. The van der Waals surface area contributed by atoms with E-state index in [1.54, 1.807) is 24.3 Å². The second-order valence-corrected chi connectivity index (χ2v) is 5.52. The number of hydrogen-bond donors (Lipinski definition) is 1. The predicted molar refractivity (Wildman–Crippen MR) is 90.0 cm³/mol. The van der Waals surface area contributed by atoms with Gasteiger partial charge in [-0.15, -0.1) is 0 Å². The molecule has 0 fully saturated rings. The molecule has 0 heterocycles. The van der Waals surface area contributed by atoms with Crippen LogP contribution in [-0.2, 0) is 11.0 Å². The van der Waals surface area contributed by atoms with Crippen LogP contribution >= 0.6 is 0 Å². The lowest BCUT2D eigenvalue weighted by molar-refractivity contribution is -0.137. The molecule has 2 rings (SSSR count). The average Bonchev–Trinajstić information content (AvgIpc) is 2.60. The minimum absolute atomic E-state index is 0.0645. The van der Waals surface area contributed by atoms with Crippen LogP contribution in [0.4, 0.5) is 18.9 Å². The van der Waals surface area contributed by atoms with Gasteiger partial charge in [0.05, 0.1) is 19.2 Å². The van der Waals surface area contributed by atoms with E-state index in [1.165, 1.54) is 14.2 Å². The van der Waals surface area contributed by atoms with Crippen molar-refractivity contribution >= 4 is 17.5 Å². The number of halogens is 3. The van der Waals surface area contributed by atoms with Crippen LogP contribution in [0.25, 0.3) is 0 Å². The fraction of sp³-hybridized carbons (Fsp3) is 0.222. The number of methoxy groups -OCH3 is 1. The number of anilines is 1. The zero-order valence-corrected chi connectivity index (χ0v) is 14.1. The normalized spacial score (nSPS) is 11.0. The molecule has 0 bridgehead atoms. The predicted octanol–water partition coefficient (Wildman–Crippen LogP) is 3.42. The molecular formula is C18H17F3N2O3. The van der Waals surface area contributed by atoms with E-state index >= 15 is 0 Å². The molecule has 0 saturated heterocycles. The van der Waals surface area contributed by atoms with E-state index in [0.29, 0.717) is 11.4 Å². The molecule has 0 spiro atoms. The number of benzene rings is 2. The highest BCUT2D eigenvalue weighted by molar-refractivity contribution is 5.99. The van der Waals surface area contributed by atoms with Crippen molar-refractivity contribution in [2.24, 2.45) is 0 Å². The lowest BCUT2D eigenvalue weighted by atomic mass is 10.1. The average molecular weight is 366 g/mol. The lowest BCUT2D eigenvalue weighted by Gasteiger charge is -2.17. The second-order valence-electron chi connectivity index (χ2n) is 5.52. The summed E-state index contributed by atoms with van der Waals surface area (Å²) in [6, 6.07) is 10.5. The molecule has 8 heteroatoms. The quantitative estimate of drug-likeness (QED) is 0.882. The monoisotopic (exact) mass is 366 g/mol. The van der Waals surface area contributed by atoms with Gasteiger partial charge in [0.2, 0.25) is 5.91 Å². The molecule has 0 atom stereocenters. The lowest BCUT2D eigenvalue weighted by Crippen LogP contribution is -2.34. The molecular weight excluding hydrogens is 349 g/mol. The minimum atomic E-state index is -4.47. The maximum Gasteiger partial charge on any atom is 0.416 e. The molecule has 0 aliphatic carbocycles. The first kappa shape index (κ1) is 19.3. The number of hydrogen-bond acceptors (Lipinski definition) is 3. The number of nitrogens with one attached hydrogen (secondary N) is 1. The van der Waals surface area contributed by atoms with Crippen molar-refractivity contribution in [3.8, 4) is 5.75 Å². The van der Waals surface area contributed by atoms with Crippen LogP contribution in [0.2, 0.25) is 0 Å². The fourth-order valence-electron chi connectivity index (χ4n) is 2.21. The third-order valence-electron chi connectivity index (χ3n) is 3.54. The summed E-state index contributed by atoms with van der Waals surface area (Å²) in [4.78, 5) is 25.4. The van der Waals surface area contributed by atoms with Crippen molar-refractivity contribution in [2.75, 3.05) is 26.0 Å². The number of carbonyl (C=O) groups excluding carboxylic acids is 2. The Bertz CT molecular complexity index is 789. The van der Waals surface area contributed by atoms with Crippen LogP contribution in [0.3, 0.4) is 0 Å². The van der Waals surface area contributed by atoms with Gasteiger partial charge in [-0.3, -0.25) is 9.59 Å². The second kappa shape index (κ2) is 7.90. The summed E-state index contributed by atoms with van der Waals surface area (Å²) in [5, 5.41) is 2.62. The van der Waals surface area contributed by atoms with Gasteiger partial charge in [-0.05, 0) is 36.4 Å². The topological polar surface area (TPSA) is 58.6 Å². The first-order valence-electron chi connectivity index (χ1n) is 7.57. The summed E-state index contributed by atoms with van der Waals surface area (Å²) in [6.45, 7) is -0.253. The first-order chi connectivity index (χ1) is 12.2. The summed E-state index contributed by atoms with van der Waals surface area (Å²) in [5.74, 6) is -0.433. The molecule has 138 valence electrons. The van der Waals surface area contributed by atoms with E-state index in [0.717, 1.165) is 29.2 Å². The Kier molecular flexibility index (Phi) is 5.86. The third kappa shape index (κ3) is 4.98. The van der Waals surface area contributed by atoms with Crippen LogP contribution in [0.15, 0.2) is 48.5 Å². The van der Waals surface area contributed by atoms with E-state index < -0.39 is 23.6 Å². The smallest absolute Gasteiger partial charge is 0.416 e. The summed E-state index contributed by atoms with van der Waals surface area (Å²) >= 11 is 0. The van der Waals surface area contributed by atoms with Gasteiger partial charge in [-0.2, -0.15) is 13.2 Å². The van der Waals surface area contributed by atoms with Crippen molar-refractivity contribution in [3.63, 3.8) is 0 Å². The van der Waals surface area contributed by atoms with Crippen molar-refractivity contribution in [2.45, 2.75) is 6.18 Å². The van der Waals surface area contributed by atoms with Gasteiger partial charge >= 0.3 is 6.18 Å². The van der Waals surface area contributed by atoms with Crippen LogP contribution in [0, 0.1) is 0 Å². The molecule has 0 radical (unpaired) electrons. The molecule has 0 aliphatic heterocycles. The SMILES string of the molecule is COc1cccc(NC(=O)CN(C)C(=O)c2ccc(C(F)(F)F)cc2)c1. The molecule has 5 nitrogen and oxygen atoms in total. The van der Waals surface area contributed by atoms with Gasteiger partial charge in [0, 0.05) is 24.4 Å².